The van der Waals surface area contributed by atoms with Gasteiger partial charge in [0.05, 0.1) is 0 Å². The number of carbonyl (C=O) groups excluding carboxylic acids is 2. The molecule has 0 saturated carbocycles. The monoisotopic (exact) mass is 414 g/mol. The van der Waals surface area contributed by atoms with Crippen molar-refractivity contribution in [1.29, 1.82) is 0 Å². The van der Waals surface area contributed by atoms with E-state index in [1.165, 1.54) is 5.56 Å². The summed E-state index contributed by atoms with van der Waals surface area (Å²) in [6.07, 6.45) is 3.34. The summed E-state index contributed by atoms with van der Waals surface area (Å²) in [5.74, 6) is -0.210. The zero-order valence-corrected chi connectivity index (χ0v) is 18.3. The Kier molecular flexibility index (Phi) is 7.99. The number of anilines is 1. The van der Waals surface area contributed by atoms with E-state index in [0.29, 0.717) is 24.2 Å². The first-order chi connectivity index (χ1) is 15.1. The number of hydrogen-bond acceptors (Lipinski definition) is 2. The number of aryl methyl sites for hydroxylation is 2. The van der Waals surface area contributed by atoms with Gasteiger partial charge in [0.2, 0.25) is 0 Å². The Labute approximate surface area is 184 Å². The van der Waals surface area contributed by atoms with E-state index in [-0.39, 0.29) is 11.8 Å². The fourth-order valence-corrected chi connectivity index (χ4v) is 3.39. The van der Waals surface area contributed by atoms with Crippen LogP contribution in [0.5, 0.6) is 0 Å². The number of amides is 2. The fourth-order valence-electron chi connectivity index (χ4n) is 3.39. The van der Waals surface area contributed by atoms with Crippen LogP contribution in [0, 0.1) is 6.92 Å². The molecule has 0 aliphatic heterocycles. The molecule has 3 aromatic rings. The van der Waals surface area contributed by atoms with Crippen molar-refractivity contribution < 1.29 is 9.59 Å². The molecule has 0 bridgehead atoms. The lowest BCUT2D eigenvalue weighted by Crippen LogP contribution is -2.38. The standard InChI is InChI=1S/C27H30N2O2/c1-3-4-8-22-13-17-23(18-14-22)26(30)28-19-20-29(25-9-6-5-7-10-25)27(31)24-15-11-21(2)12-16-24/h5-7,9-18H,3-4,8,19-20H2,1-2H3,(H,28,30). The minimum Gasteiger partial charge on any atom is -0.350 e. The molecule has 0 aromatic heterocycles. The second-order valence-electron chi connectivity index (χ2n) is 7.71. The molecule has 0 aliphatic rings. The highest BCUT2D eigenvalue weighted by atomic mass is 16.2. The summed E-state index contributed by atoms with van der Waals surface area (Å²) in [7, 11) is 0. The molecule has 0 saturated heterocycles. The number of unbranched alkanes of at least 4 members (excludes halogenated alkanes) is 1. The Bertz CT molecular complexity index is 980. The zero-order chi connectivity index (χ0) is 22.1. The van der Waals surface area contributed by atoms with Gasteiger partial charge in [0.15, 0.2) is 0 Å². The lowest BCUT2D eigenvalue weighted by Gasteiger charge is -2.23. The molecule has 0 radical (unpaired) electrons. The van der Waals surface area contributed by atoms with Gasteiger partial charge < -0.3 is 10.2 Å². The van der Waals surface area contributed by atoms with Gasteiger partial charge in [0, 0.05) is 29.9 Å². The number of para-hydroxylation sites is 1. The van der Waals surface area contributed by atoms with Gasteiger partial charge in [-0.1, -0.05) is 61.4 Å². The Balaban J connectivity index is 1.64. The quantitative estimate of drug-likeness (QED) is 0.509. The highest BCUT2D eigenvalue weighted by Gasteiger charge is 2.18. The van der Waals surface area contributed by atoms with Gasteiger partial charge in [0.25, 0.3) is 11.8 Å². The molecule has 160 valence electrons. The third-order valence-corrected chi connectivity index (χ3v) is 5.27. The van der Waals surface area contributed by atoms with Crippen molar-refractivity contribution in [2.45, 2.75) is 33.1 Å². The van der Waals surface area contributed by atoms with Gasteiger partial charge in [-0.25, -0.2) is 0 Å². The lowest BCUT2D eigenvalue weighted by atomic mass is 10.1. The largest absolute Gasteiger partial charge is 0.350 e. The molecule has 0 fully saturated rings. The minimum absolute atomic E-state index is 0.0827. The molecule has 31 heavy (non-hydrogen) atoms. The molecular weight excluding hydrogens is 384 g/mol. The number of nitrogens with one attached hydrogen (secondary N) is 1. The van der Waals surface area contributed by atoms with E-state index < -0.39 is 0 Å². The number of carbonyl (C=O) groups is 2. The first kappa shape index (κ1) is 22.3. The van der Waals surface area contributed by atoms with Gasteiger partial charge in [-0.2, -0.15) is 0 Å². The Morgan fingerprint density at radius 3 is 2.13 bits per heavy atom. The van der Waals surface area contributed by atoms with Crippen molar-refractivity contribution >= 4 is 17.5 Å². The predicted molar refractivity (Wildman–Crippen MR) is 127 cm³/mol. The number of rotatable bonds is 9. The summed E-state index contributed by atoms with van der Waals surface area (Å²) in [4.78, 5) is 27.4. The van der Waals surface area contributed by atoms with Crippen molar-refractivity contribution in [2.75, 3.05) is 18.0 Å². The third kappa shape index (κ3) is 6.29. The minimum atomic E-state index is -0.127. The molecule has 4 nitrogen and oxygen atoms in total. The van der Waals surface area contributed by atoms with E-state index >= 15 is 0 Å². The molecule has 2 amide bonds. The normalized spacial score (nSPS) is 10.5. The molecule has 0 unspecified atom stereocenters. The highest BCUT2D eigenvalue weighted by Crippen LogP contribution is 2.17. The van der Waals surface area contributed by atoms with E-state index in [2.05, 4.69) is 12.2 Å². The van der Waals surface area contributed by atoms with Gasteiger partial charge in [-0.15, -0.1) is 0 Å². The van der Waals surface area contributed by atoms with Crippen LogP contribution in [0.15, 0.2) is 78.9 Å². The predicted octanol–water partition coefficient (Wildman–Crippen LogP) is 5.41. The first-order valence-electron chi connectivity index (χ1n) is 10.9. The van der Waals surface area contributed by atoms with E-state index in [1.807, 2.05) is 85.8 Å². The van der Waals surface area contributed by atoms with Crippen LogP contribution in [0.2, 0.25) is 0 Å². The maximum Gasteiger partial charge on any atom is 0.258 e. The molecule has 0 atom stereocenters. The van der Waals surface area contributed by atoms with Gasteiger partial charge in [-0.3, -0.25) is 9.59 Å². The number of hydrogen-bond donors (Lipinski definition) is 1. The SMILES string of the molecule is CCCCc1ccc(C(=O)NCCN(C(=O)c2ccc(C)cc2)c2ccccc2)cc1. The summed E-state index contributed by atoms with van der Waals surface area (Å²) >= 11 is 0. The van der Waals surface area contributed by atoms with Crippen LogP contribution in [0.1, 0.15) is 51.6 Å². The summed E-state index contributed by atoms with van der Waals surface area (Å²) in [6.45, 7) is 4.92. The number of benzene rings is 3. The summed E-state index contributed by atoms with van der Waals surface area (Å²) in [5, 5.41) is 2.94. The van der Waals surface area contributed by atoms with E-state index in [0.717, 1.165) is 30.5 Å². The maximum absolute atomic E-state index is 13.1. The molecule has 4 heteroatoms. The van der Waals surface area contributed by atoms with Crippen LogP contribution < -0.4 is 10.2 Å². The second kappa shape index (κ2) is 11.1. The molecule has 0 aliphatic carbocycles. The van der Waals surface area contributed by atoms with Crippen LogP contribution in [0.3, 0.4) is 0 Å². The van der Waals surface area contributed by atoms with E-state index in [1.54, 1.807) is 4.90 Å². The maximum atomic E-state index is 13.1. The smallest absolute Gasteiger partial charge is 0.258 e. The topological polar surface area (TPSA) is 49.4 Å². The zero-order valence-electron chi connectivity index (χ0n) is 18.3. The van der Waals surface area contributed by atoms with E-state index in [9.17, 15) is 9.59 Å². The fraction of sp³-hybridized carbons (Fsp3) is 0.259. The van der Waals surface area contributed by atoms with Crippen molar-refractivity contribution in [3.05, 3.63) is 101 Å². The Morgan fingerprint density at radius 2 is 1.48 bits per heavy atom. The average molecular weight is 415 g/mol. The van der Waals surface area contributed by atoms with Crippen molar-refractivity contribution in [1.82, 2.24) is 5.32 Å². The average Bonchev–Trinajstić information content (AvgIpc) is 2.81. The van der Waals surface area contributed by atoms with Gasteiger partial charge in [0.1, 0.15) is 0 Å². The van der Waals surface area contributed by atoms with Crippen molar-refractivity contribution in [3.8, 4) is 0 Å². The lowest BCUT2D eigenvalue weighted by molar-refractivity contribution is 0.0943. The number of nitrogens with zero attached hydrogens (tertiary/aromatic N) is 1. The Morgan fingerprint density at radius 1 is 0.839 bits per heavy atom. The molecule has 3 aromatic carbocycles. The van der Waals surface area contributed by atoms with Crippen LogP contribution in [0.4, 0.5) is 5.69 Å². The van der Waals surface area contributed by atoms with Crippen LogP contribution >= 0.6 is 0 Å². The van der Waals surface area contributed by atoms with Crippen LogP contribution in [0.25, 0.3) is 0 Å². The van der Waals surface area contributed by atoms with Crippen LogP contribution in [-0.2, 0) is 6.42 Å². The highest BCUT2D eigenvalue weighted by molar-refractivity contribution is 6.06. The van der Waals surface area contributed by atoms with Crippen molar-refractivity contribution in [3.63, 3.8) is 0 Å². The summed E-state index contributed by atoms with van der Waals surface area (Å²) < 4.78 is 0. The van der Waals surface area contributed by atoms with Gasteiger partial charge >= 0.3 is 0 Å². The second-order valence-corrected chi connectivity index (χ2v) is 7.71. The molecular formula is C27H30N2O2. The van der Waals surface area contributed by atoms with Crippen LogP contribution in [-0.4, -0.2) is 24.9 Å². The summed E-state index contributed by atoms with van der Waals surface area (Å²) in [6, 6.07) is 24.9. The molecule has 3 rings (SSSR count). The van der Waals surface area contributed by atoms with Gasteiger partial charge in [-0.05, 0) is 61.7 Å². The summed E-state index contributed by atoms with van der Waals surface area (Å²) in [5.41, 5.74) is 4.43. The third-order valence-electron chi connectivity index (χ3n) is 5.27. The Hall–Kier alpha value is -3.40. The molecule has 0 spiro atoms. The molecule has 1 N–H and O–H groups in total. The van der Waals surface area contributed by atoms with E-state index in [4.69, 9.17) is 0 Å². The molecule has 0 heterocycles. The van der Waals surface area contributed by atoms with Crippen molar-refractivity contribution in [2.24, 2.45) is 0 Å². The first-order valence-corrected chi connectivity index (χ1v) is 10.9.